The summed E-state index contributed by atoms with van der Waals surface area (Å²) in [5, 5.41) is 56.9. The number of piperidine rings is 1. The zero-order chi connectivity index (χ0) is 100. The van der Waals surface area contributed by atoms with Gasteiger partial charge in [0, 0.05) is 144 Å². The Morgan fingerprint density at radius 2 is 1.27 bits per heavy atom. The molecule has 1 aliphatic carbocycles. The summed E-state index contributed by atoms with van der Waals surface area (Å²) in [6.45, 7) is -0.611. The third-order valence-corrected chi connectivity index (χ3v) is 26.8. The maximum atomic E-state index is 15.7. The number of aromatic amines is 2. The van der Waals surface area contributed by atoms with Crippen LogP contribution in [0.25, 0.3) is 21.8 Å². The number of carboxylic acid groups (broad SMARTS) is 1. The number of amides is 18. The molecule has 1 saturated carbocycles. The molecule has 0 bridgehead atoms. The van der Waals surface area contributed by atoms with Gasteiger partial charge in [0.2, 0.25) is 106 Å². The molecule has 5 fully saturated rings. The van der Waals surface area contributed by atoms with Crippen LogP contribution >= 0.6 is 11.8 Å². The van der Waals surface area contributed by atoms with Crippen molar-refractivity contribution in [3.05, 3.63) is 120 Å². The number of H-pyrrole nitrogens is 2. The fraction of sp³-hybridized carbons (Fsp3) is 0.516. The van der Waals surface area contributed by atoms with E-state index in [9.17, 15) is 58.5 Å². The molecule has 5 aliphatic rings. The second-order valence-electron chi connectivity index (χ2n) is 35.9. The van der Waals surface area contributed by atoms with Gasteiger partial charge in [0.15, 0.2) is 0 Å². The van der Waals surface area contributed by atoms with E-state index in [1.165, 1.54) is 80.5 Å². The van der Waals surface area contributed by atoms with Crippen molar-refractivity contribution in [2.75, 3.05) is 78.5 Å². The maximum absolute atomic E-state index is 15.7. The molecule has 24 N–H and O–H groups in total. The minimum atomic E-state index is -1.98. The van der Waals surface area contributed by atoms with Crippen LogP contribution in [0.3, 0.4) is 0 Å². The number of nitrogens with one attached hydrogen (secondary N) is 11. The van der Waals surface area contributed by atoms with Gasteiger partial charge >= 0.3 is 5.97 Å². The van der Waals surface area contributed by atoms with E-state index in [1.807, 2.05) is 0 Å². The van der Waals surface area contributed by atoms with Crippen LogP contribution in [0, 0.1) is 5.92 Å². The van der Waals surface area contributed by atoms with Gasteiger partial charge in [-0.1, -0.05) is 68.3 Å². The number of nitrogens with two attached hydrogens (primary N) is 5. The average Bonchev–Trinajstić information content (AvgIpc) is 1.58. The molecule has 3 aromatic carbocycles. The van der Waals surface area contributed by atoms with Gasteiger partial charge in [0.25, 0.3) is 0 Å². The topological polar surface area (TPSA) is 692 Å². The third-order valence-electron chi connectivity index (χ3n) is 25.8. The van der Waals surface area contributed by atoms with Gasteiger partial charge in [0.05, 0.1) is 37.7 Å². The number of carbonyl (C=O) groups is 19. The number of aromatic nitrogens is 4. The number of benzene rings is 3. The molecule has 138 heavy (non-hydrogen) atoms. The van der Waals surface area contributed by atoms with E-state index in [0.29, 0.717) is 64.2 Å². The summed E-state index contributed by atoms with van der Waals surface area (Å²) in [7, 11) is 3.68. The Kier molecular flexibility index (Phi) is 35.3. The van der Waals surface area contributed by atoms with Crippen LogP contribution in [0.5, 0.6) is 5.75 Å². The van der Waals surface area contributed by atoms with Gasteiger partial charge in [-0.25, -0.2) is 4.98 Å². The summed E-state index contributed by atoms with van der Waals surface area (Å²) in [4.78, 5) is 294. The smallest absolute Gasteiger partial charge is 0.323 e. The van der Waals surface area contributed by atoms with Gasteiger partial charge in [-0.3, -0.25) is 91.1 Å². The minimum Gasteiger partial charge on any atom is -0.508 e. The summed E-state index contributed by atoms with van der Waals surface area (Å²) in [5.74, 6) is -20.7. The summed E-state index contributed by atoms with van der Waals surface area (Å²) >= 11 is 0.754. The number of fused-ring (bicyclic) bond motifs is 5. The van der Waals surface area contributed by atoms with E-state index >= 15 is 47.9 Å². The summed E-state index contributed by atoms with van der Waals surface area (Å²) in [6.07, 6.45) is 1.73. The molecule has 1 unspecified atom stereocenters. The van der Waals surface area contributed by atoms with Crippen molar-refractivity contribution in [1.82, 2.24) is 96.8 Å². The monoisotopic (exact) mass is 1930 g/mol. The number of para-hydroxylation sites is 2. The van der Waals surface area contributed by atoms with Gasteiger partial charge in [-0.2, -0.15) is 0 Å². The molecule has 47 heteroatoms. The van der Waals surface area contributed by atoms with Crippen molar-refractivity contribution in [1.29, 1.82) is 0 Å². The lowest BCUT2D eigenvalue weighted by molar-refractivity contribution is -0.150. The molecule has 7 heterocycles. The van der Waals surface area contributed by atoms with Crippen LogP contribution in [-0.2, 0) is 123 Å². The predicted molar refractivity (Wildman–Crippen MR) is 497 cm³/mol. The Labute approximate surface area is 797 Å². The molecule has 744 valence electrons. The number of rotatable bonds is 23. The van der Waals surface area contributed by atoms with Crippen molar-refractivity contribution >= 4 is 146 Å². The number of phenolic OH excluding ortho intramolecular Hbond substituents is 1. The van der Waals surface area contributed by atoms with Crippen LogP contribution in [0.1, 0.15) is 120 Å². The number of imidazole rings is 1. The number of phenols is 1. The SMILES string of the molecule is CCCC[C@H]1C(=O)N[C@@H](CN)C(=O)N[C@H](C(=O)NCC(N)=O)CSCC(=O)N[C@@](C)(Cc2ccc(O)cc2)C(=O)N2CCCC[C@H]2C(=O)N[C@@H](CC(N)=O)C(=O)N2CCC[C@H]2C(=O)N[C@@H](Cc2cnc[nH]2)C(=O)N(C)[C@@H](CCC(N)=O)C(=O)N2C[C@H](O)C[C@H]2C(=O)N[C@@H](Cc2c[nH]c3ccccc23)C(=O)N[C@@]2(CC2CN)C(=O)N[C@@H](Cc2cn(CC(=O)O)c3ccccc23)C(=O)N(C)CC(=O)N1C. The predicted octanol–water partition coefficient (Wildman–Crippen LogP) is -5.39. The lowest BCUT2D eigenvalue weighted by Crippen LogP contribution is -2.65. The number of aliphatic carboxylic acids is 1. The number of hydrogen-bond donors (Lipinski definition) is 19. The summed E-state index contributed by atoms with van der Waals surface area (Å²) in [6, 6.07) is 1.43. The second kappa shape index (κ2) is 46.6. The first-order chi connectivity index (χ1) is 65.7. The average molecular weight is 1940 g/mol. The number of carboxylic acids is 1. The van der Waals surface area contributed by atoms with E-state index in [-0.39, 0.29) is 82.4 Å². The molecular formula is C91H122N24O22S. The van der Waals surface area contributed by atoms with Crippen molar-refractivity contribution in [2.24, 2.45) is 34.6 Å². The van der Waals surface area contributed by atoms with Gasteiger partial charge in [-0.05, 0) is 106 Å². The van der Waals surface area contributed by atoms with E-state index in [2.05, 4.69) is 62.8 Å². The van der Waals surface area contributed by atoms with E-state index in [1.54, 1.807) is 61.7 Å². The minimum absolute atomic E-state index is 0.0311. The number of primary amides is 3. The van der Waals surface area contributed by atoms with E-state index in [0.717, 1.165) is 36.3 Å². The highest BCUT2D eigenvalue weighted by molar-refractivity contribution is 8.00. The van der Waals surface area contributed by atoms with Gasteiger partial charge < -0.3 is 136 Å². The number of aliphatic hydroxyl groups excluding tert-OH is 1. The van der Waals surface area contributed by atoms with Crippen molar-refractivity contribution in [2.45, 2.75) is 213 Å². The highest BCUT2D eigenvalue weighted by Gasteiger charge is 2.62. The molecule has 6 aromatic rings. The second-order valence-corrected chi connectivity index (χ2v) is 37.0. The maximum Gasteiger partial charge on any atom is 0.323 e. The third kappa shape index (κ3) is 25.8. The largest absolute Gasteiger partial charge is 0.508 e. The molecule has 11 rings (SSSR count). The molecule has 15 atom stereocenters. The van der Waals surface area contributed by atoms with Crippen LogP contribution in [0.4, 0.5) is 0 Å². The number of aromatic hydroxyl groups is 1. The molecular weight excluding hydrogens is 1810 g/mol. The van der Waals surface area contributed by atoms with Crippen LogP contribution in [0.15, 0.2) is 97.7 Å². The number of carbonyl (C=O) groups excluding carboxylic acids is 18. The quantitative estimate of drug-likeness (QED) is 0.0285. The molecule has 3 aromatic heterocycles. The molecule has 1 spiro atoms. The highest BCUT2D eigenvalue weighted by Crippen LogP contribution is 2.44. The molecule has 0 radical (unpaired) electrons. The summed E-state index contributed by atoms with van der Waals surface area (Å²) < 4.78 is 1.41. The Bertz CT molecular complexity index is 5560. The van der Waals surface area contributed by atoms with E-state index < -0.39 is 278 Å². The Morgan fingerprint density at radius 3 is 1.93 bits per heavy atom. The van der Waals surface area contributed by atoms with Crippen molar-refractivity contribution in [3.8, 4) is 5.75 Å². The number of hydrogen-bond acceptors (Lipinski definition) is 25. The van der Waals surface area contributed by atoms with E-state index in [4.69, 9.17) is 28.7 Å². The Morgan fingerprint density at radius 1 is 0.616 bits per heavy atom. The fourth-order valence-electron chi connectivity index (χ4n) is 18.3. The van der Waals surface area contributed by atoms with Crippen molar-refractivity contribution < 1.29 is 106 Å². The molecule has 4 aliphatic heterocycles. The zero-order valence-electron chi connectivity index (χ0n) is 77.3. The lowest BCUT2D eigenvalue weighted by atomic mass is 9.88. The highest BCUT2D eigenvalue weighted by atomic mass is 32.2. The van der Waals surface area contributed by atoms with Crippen molar-refractivity contribution in [3.63, 3.8) is 0 Å². The van der Waals surface area contributed by atoms with Crippen LogP contribution < -0.4 is 76.5 Å². The molecule has 4 saturated heterocycles. The van der Waals surface area contributed by atoms with Crippen LogP contribution in [-0.4, -0.2) is 339 Å². The lowest BCUT2D eigenvalue weighted by Gasteiger charge is -2.41. The fourth-order valence-corrected chi connectivity index (χ4v) is 19.2. The Hall–Kier alpha value is -14.1. The number of nitrogens with zero attached hydrogens (tertiary/aromatic N) is 8. The Balaban J connectivity index is 0.959. The number of unbranched alkanes of at least 4 members (excludes halogenated alkanes) is 1. The molecule has 18 amide bonds. The first kappa shape index (κ1) is 104. The molecule has 46 nitrogen and oxygen atoms in total. The standard InChI is InChI=1S/C91H122N24O22S/c1-6-7-18-66-80(128)104-63(38-93)78(126)105-64(77(125)99-41-73(96)120)46-138-47-74(121)107-90(2,35-49-22-24-54(116)25-23-49)89(137)114-28-13-12-20-68(114)82(130)103-62(34-72(95)119)86(134)113-29-14-21-67(113)81(129)102-61(32-53-40-97-48-100-53)85(133)111(5)69(26-27-71(94)118)87(135)115-43-55(117)33-70(115)83(131)101-59(30-50-39-98-58-17-10-8-15-56(50)58)79(127)108-91(36-52(91)37-92)88(136)106-60(84(132)109(3)44-75(122)110(66)4)31-51-42-112(45-76(123)124)65-19-11-9-16-57(51)65/h8-11,15-17,19,22-25,39-40,42,48,52,55,59-64,66-70,98,116-117H,6-7,12-14,18,20-21,26-38,41,43-47,92-93H2,1-5H3,(H2,94,118)(H2,95,119)(H2,96,120)(H,97,100)(H,99,125)(H,101,131)(H,102,129)(H,103,130)(H,104,128)(H,105,126)(H,106,136)(H,107,121)(H,108,127)(H,123,124)/t52?,55-,59+,60+,61+,62+,63+,64+,66+,67+,68+,69+,70+,90+,91-/m1/s1. The summed E-state index contributed by atoms with van der Waals surface area (Å²) in [5.41, 5.74) is 28.0. The number of aliphatic hydroxyl groups is 1. The number of thioether (sulfide) groups is 1. The van der Waals surface area contributed by atoms with Gasteiger partial charge in [-0.15, -0.1) is 11.8 Å². The first-order valence-corrected chi connectivity index (χ1v) is 46.8. The van der Waals surface area contributed by atoms with Crippen LogP contribution in [0.2, 0.25) is 0 Å². The number of likely N-dealkylation sites (N-methyl/N-ethyl adjacent to an activating group) is 3. The normalized spacial score (nSPS) is 26.4. The van der Waals surface area contributed by atoms with Gasteiger partial charge in [0.1, 0.15) is 89.8 Å². The first-order valence-electron chi connectivity index (χ1n) is 45.7. The zero-order valence-corrected chi connectivity index (χ0v) is 78.1.